The number of nitrogens with two attached hydrogens (primary N) is 1. The lowest BCUT2D eigenvalue weighted by Gasteiger charge is -2.21. The predicted octanol–water partition coefficient (Wildman–Crippen LogP) is 3.14. The van der Waals surface area contributed by atoms with Crippen LogP contribution < -0.4 is 5.73 Å². The minimum absolute atomic E-state index is 0.424. The van der Waals surface area contributed by atoms with Crippen LogP contribution in [-0.4, -0.2) is 19.5 Å². The highest BCUT2D eigenvalue weighted by Gasteiger charge is 2.23. The maximum absolute atomic E-state index is 6.18. The fourth-order valence-corrected chi connectivity index (χ4v) is 2.11. The molecule has 0 saturated carbocycles. The normalized spacial score (nSPS) is 13.3. The van der Waals surface area contributed by atoms with Crippen LogP contribution in [0.2, 0.25) is 0 Å². The molecule has 0 aliphatic carbocycles. The van der Waals surface area contributed by atoms with Gasteiger partial charge in [-0.1, -0.05) is 18.2 Å². The quantitative estimate of drug-likeness (QED) is 0.813. The Kier molecular flexibility index (Phi) is 4.58. The van der Waals surface area contributed by atoms with Crippen molar-refractivity contribution >= 4 is 11.0 Å². The molecular formula is C15H21NO3. The summed E-state index contributed by atoms with van der Waals surface area (Å²) in [5.41, 5.74) is 8.15. The van der Waals surface area contributed by atoms with Gasteiger partial charge in [-0.15, -0.1) is 0 Å². The molecule has 2 rings (SSSR count). The second-order valence-electron chi connectivity index (χ2n) is 4.45. The average Bonchev–Trinajstić information content (AvgIpc) is 2.83. The standard InChI is InChI=1S/C15H21NO3/c1-4-17-15(18-5-2)13(16)12-9-11-8-6-7-10(3)14(11)19-12/h6-9,13,15H,4-5,16H2,1-3H3. The molecule has 0 radical (unpaired) electrons. The van der Waals surface area contributed by atoms with Crippen LogP contribution in [-0.2, 0) is 9.47 Å². The SMILES string of the molecule is CCOC(OCC)C(N)c1cc2cccc(C)c2o1. The Morgan fingerprint density at radius 1 is 1.21 bits per heavy atom. The molecule has 1 unspecified atom stereocenters. The summed E-state index contributed by atoms with van der Waals surface area (Å²) >= 11 is 0. The lowest BCUT2D eigenvalue weighted by atomic mass is 10.1. The number of hydrogen-bond donors (Lipinski definition) is 1. The highest BCUT2D eigenvalue weighted by molar-refractivity contribution is 5.81. The Morgan fingerprint density at radius 3 is 2.47 bits per heavy atom. The van der Waals surface area contributed by atoms with E-state index in [-0.39, 0.29) is 0 Å². The van der Waals surface area contributed by atoms with E-state index in [1.165, 1.54) is 0 Å². The number of ether oxygens (including phenoxy) is 2. The molecule has 2 N–H and O–H groups in total. The van der Waals surface area contributed by atoms with Gasteiger partial charge in [0.15, 0.2) is 6.29 Å². The molecule has 104 valence electrons. The Bertz CT molecular complexity index is 529. The van der Waals surface area contributed by atoms with Crippen LogP contribution >= 0.6 is 0 Å². The van der Waals surface area contributed by atoms with Gasteiger partial charge in [0, 0.05) is 18.6 Å². The van der Waals surface area contributed by atoms with Crippen LogP contribution in [0.1, 0.15) is 31.2 Å². The summed E-state index contributed by atoms with van der Waals surface area (Å²) in [4.78, 5) is 0. The summed E-state index contributed by atoms with van der Waals surface area (Å²) in [6.45, 7) is 6.96. The van der Waals surface area contributed by atoms with Gasteiger partial charge in [-0.05, 0) is 32.4 Å². The van der Waals surface area contributed by atoms with Crippen molar-refractivity contribution in [2.24, 2.45) is 5.73 Å². The van der Waals surface area contributed by atoms with E-state index in [1.54, 1.807) is 0 Å². The molecule has 4 nitrogen and oxygen atoms in total. The molecule has 1 heterocycles. The minimum Gasteiger partial charge on any atom is -0.459 e. The molecule has 0 aliphatic heterocycles. The summed E-state index contributed by atoms with van der Waals surface area (Å²) in [5, 5.41) is 1.05. The third kappa shape index (κ3) is 2.97. The first kappa shape index (κ1) is 14.1. The highest BCUT2D eigenvalue weighted by atomic mass is 16.7. The van der Waals surface area contributed by atoms with Gasteiger partial charge < -0.3 is 19.6 Å². The number of rotatable bonds is 6. The van der Waals surface area contributed by atoms with Gasteiger partial charge in [0.25, 0.3) is 0 Å². The molecule has 1 atom stereocenters. The van der Waals surface area contributed by atoms with Crippen LogP contribution in [0.5, 0.6) is 0 Å². The van der Waals surface area contributed by atoms with Crippen LogP contribution in [0, 0.1) is 6.92 Å². The number of fused-ring (bicyclic) bond motifs is 1. The van der Waals surface area contributed by atoms with E-state index >= 15 is 0 Å². The van der Waals surface area contributed by atoms with E-state index in [9.17, 15) is 0 Å². The van der Waals surface area contributed by atoms with Crippen molar-refractivity contribution < 1.29 is 13.9 Å². The maximum Gasteiger partial charge on any atom is 0.179 e. The van der Waals surface area contributed by atoms with Crippen molar-refractivity contribution in [3.63, 3.8) is 0 Å². The van der Waals surface area contributed by atoms with Gasteiger partial charge in [0.1, 0.15) is 17.4 Å². The zero-order chi connectivity index (χ0) is 13.8. The zero-order valence-electron chi connectivity index (χ0n) is 11.7. The van der Waals surface area contributed by atoms with Crippen LogP contribution in [0.25, 0.3) is 11.0 Å². The number of para-hydroxylation sites is 1. The van der Waals surface area contributed by atoms with Gasteiger partial charge in [-0.25, -0.2) is 0 Å². The molecule has 0 aliphatic rings. The molecule has 1 aromatic heterocycles. The van der Waals surface area contributed by atoms with E-state index in [4.69, 9.17) is 19.6 Å². The Labute approximate surface area is 113 Å². The van der Waals surface area contributed by atoms with E-state index in [0.717, 1.165) is 16.5 Å². The van der Waals surface area contributed by atoms with E-state index in [2.05, 4.69) is 0 Å². The maximum atomic E-state index is 6.18. The fraction of sp³-hybridized carbons (Fsp3) is 0.467. The summed E-state index contributed by atoms with van der Waals surface area (Å²) in [7, 11) is 0. The average molecular weight is 263 g/mol. The first-order valence-electron chi connectivity index (χ1n) is 6.65. The van der Waals surface area contributed by atoms with Crippen molar-refractivity contribution in [1.82, 2.24) is 0 Å². The van der Waals surface area contributed by atoms with Gasteiger partial charge in [-0.3, -0.25) is 0 Å². The topological polar surface area (TPSA) is 57.6 Å². The van der Waals surface area contributed by atoms with Gasteiger partial charge in [-0.2, -0.15) is 0 Å². The third-order valence-electron chi connectivity index (χ3n) is 3.04. The molecule has 4 heteroatoms. The van der Waals surface area contributed by atoms with Gasteiger partial charge in [0.05, 0.1) is 0 Å². The highest BCUT2D eigenvalue weighted by Crippen LogP contribution is 2.27. The summed E-state index contributed by atoms with van der Waals surface area (Å²) < 4.78 is 16.9. The lowest BCUT2D eigenvalue weighted by molar-refractivity contribution is -0.151. The Balaban J connectivity index is 2.29. The Morgan fingerprint density at radius 2 is 1.89 bits per heavy atom. The minimum atomic E-state index is -0.476. The molecule has 0 amide bonds. The zero-order valence-corrected chi connectivity index (χ0v) is 11.7. The third-order valence-corrected chi connectivity index (χ3v) is 3.04. The molecule has 1 aromatic carbocycles. The second-order valence-corrected chi connectivity index (χ2v) is 4.45. The summed E-state index contributed by atoms with van der Waals surface area (Å²) in [6.07, 6.45) is -0.476. The van der Waals surface area contributed by atoms with Crippen molar-refractivity contribution in [3.05, 3.63) is 35.6 Å². The first-order chi connectivity index (χ1) is 9.17. The predicted molar refractivity (Wildman–Crippen MR) is 74.9 cm³/mol. The molecular weight excluding hydrogens is 242 g/mol. The number of hydrogen-bond acceptors (Lipinski definition) is 4. The number of benzene rings is 1. The molecule has 19 heavy (non-hydrogen) atoms. The van der Waals surface area contributed by atoms with Crippen molar-refractivity contribution in [2.75, 3.05) is 13.2 Å². The molecule has 2 aromatic rings. The van der Waals surface area contributed by atoms with Crippen LogP contribution in [0.3, 0.4) is 0 Å². The van der Waals surface area contributed by atoms with E-state index < -0.39 is 12.3 Å². The second kappa shape index (κ2) is 6.19. The van der Waals surface area contributed by atoms with Crippen LogP contribution in [0.4, 0.5) is 0 Å². The smallest absolute Gasteiger partial charge is 0.179 e. The number of aryl methyl sites for hydroxylation is 1. The van der Waals surface area contributed by atoms with Gasteiger partial charge in [0.2, 0.25) is 0 Å². The molecule has 0 fully saturated rings. The van der Waals surface area contributed by atoms with Gasteiger partial charge >= 0.3 is 0 Å². The lowest BCUT2D eigenvalue weighted by Crippen LogP contribution is -2.31. The number of furan rings is 1. The van der Waals surface area contributed by atoms with Crippen molar-refractivity contribution in [2.45, 2.75) is 33.1 Å². The fourth-order valence-electron chi connectivity index (χ4n) is 2.11. The molecule has 0 saturated heterocycles. The summed E-state index contributed by atoms with van der Waals surface area (Å²) in [6, 6.07) is 7.57. The van der Waals surface area contributed by atoms with Crippen molar-refractivity contribution in [3.8, 4) is 0 Å². The van der Waals surface area contributed by atoms with E-state index in [0.29, 0.717) is 19.0 Å². The van der Waals surface area contributed by atoms with E-state index in [1.807, 2.05) is 45.0 Å². The van der Waals surface area contributed by atoms with Crippen molar-refractivity contribution in [1.29, 1.82) is 0 Å². The monoisotopic (exact) mass is 263 g/mol. The summed E-state index contributed by atoms with van der Waals surface area (Å²) in [5.74, 6) is 0.691. The molecule has 0 bridgehead atoms. The molecule has 0 spiro atoms. The first-order valence-corrected chi connectivity index (χ1v) is 6.65. The van der Waals surface area contributed by atoms with Crippen LogP contribution in [0.15, 0.2) is 28.7 Å². The Hall–Kier alpha value is -1.36. The largest absolute Gasteiger partial charge is 0.459 e.